The van der Waals surface area contributed by atoms with Gasteiger partial charge in [-0.3, -0.25) is 0 Å². The van der Waals surface area contributed by atoms with Crippen LogP contribution in [-0.4, -0.2) is 0 Å². The minimum Gasteiger partial charge on any atom is -0.353 e. The second-order valence-electron chi connectivity index (χ2n) is 9.06. The summed E-state index contributed by atoms with van der Waals surface area (Å²) in [5, 5.41) is 3.21. The van der Waals surface area contributed by atoms with Crippen LogP contribution in [0.15, 0.2) is 79.4 Å². The summed E-state index contributed by atoms with van der Waals surface area (Å²) in [4.78, 5) is 0. The van der Waals surface area contributed by atoms with Crippen LogP contribution in [0.2, 0.25) is 0 Å². The first-order chi connectivity index (χ1) is 14.8. The zero-order valence-electron chi connectivity index (χ0n) is 19.2. The molecule has 0 bridgehead atoms. The molecule has 1 nitrogen and oxygen atoms in total. The van der Waals surface area contributed by atoms with Gasteiger partial charge in [-0.05, 0) is 73.1 Å². The average Bonchev–Trinajstić information content (AvgIpc) is 2.77. The van der Waals surface area contributed by atoms with Crippen LogP contribution in [0.25, 0.3) is 0 Å². The Kier molecular flexibility index (Phi) is 7.33. The van der Waals surface area contributed by atoms with Gasteiger partial charge >= 0.3 is 0 Å². The highest BCUT2D eigenvalue weighted by molar-refractivity contribution is 5.61. The van der Waals surface area contributed by atoms with Crippen molar-refractivity contribution in [3.8, 4) is 0 Å². The van der Waals surface area contributed by atoms with Crippen LogP contribution >= 0.6 is 0 Å². The lowest BCUT2D eigenvalue weighted by molar-refractivity contribution is 0.515. The summed E-state index contributed by atoms with van der Waals surface area (Å²) in [6, 6.07) is 22.3. The first-order valence-corrected chi connectivity index (χ1v) is 11.2. The second-order valence-corrected chi connectivity index (χ2v) is 9.06. The highest BCUT2D eigenvalue weighted by Gasteiger charge is 2.22. The summed E-state index contributed by atoms with van der Waals surface area (Å²) in [6.07, 6.45) is 4.96. The van der Waals surface area contributed by atoms with Crippen molar-refractivity contribution in [2.75, 3.05) is 5.32 Å². The molecular weight excluding hydrogens is 381 g/mol. The Labute approximate surface area is 187 Å². The third-order valence-electron chi connectivity index (χ3n) is 6.21. The number of hydrogen-bond donors (Lipinski definition) is 1. The van der Waals surface area contributed by atoms with E-state index in [0.717, 1.165) is 30.5 Å². The molecule has 162 valence electrons. The number of allylic oxidation sites excluding steroid dienone is 1. The van der Waals surface area contributed by atoms with Gasteiger partial charge in [-0.2, -0.15) is 0 Å². The maximum Gasteiger partial charge on any atom is 0.146 e. The van der Waals surface area contributed by atoms with Gasteiger partial charge in [-0.1, -0.05) is 74.9 Å². The zero-order valence-corrected chi connectivity index (χ0v) is 19.2. The van der Waals surface area contributed by atoms with Crippen molar-refractivity contribution in [1.82, 2.24) is 0 Å². The predicted octanol–water partition coefficient (Wildman–Crippen LogP) is 8.47. The van der Waals surface area contributed by atoms with E-state index in [4.69, 9.17) is 0 Å². The maximum atomic E-state index is 14.3. The molecule has 0 saturated carbocycles. The molecule has 0 aliphatic heterocycles. The number of benzene rings is 3. The van der Waals surface area contributed by atoms with E-state index < -0.39 is 0 Å². The number of rotatable bonds is 9. The lowest BCUT2D eigenvalue weighted by atomic mass is 9.77. The van der Waals surface area contributed by atoms with Gasteiger partial charge in [-0.25, -0.2) is 4.39 Å². The topological polar surface area (TPSA) is 12.0 Å². The first kappa shape index (κ1) is 22.8. The Bertz CT molecular complexity index is 1000. The molecule has 0 aliphatic carbocycles. The van der Waals surface area contributed by atoms with Crippen molar-refractivity contribution >= 4 is 11.4 Å². The molecule has 0 aliphatic rings. The minimum absolute atomic E-state index is 0.0709. The lowest BCUT2D eigenvalue weighted by Crippen LogP contribution is -2.19. The Balaban J connectivity index is 1.66. The standard InChI is InChI=1S/C29H34FN/c1-6-29(5,25-14-12-24(13-15-25)21(2)3)19-7-8-23-11-18-27(30)28(20-23)31-26-16-9-22(4)10-17-26/h6,9-18,20-21,31H,1,7-8,19H2,2-5H3. The van der Waals surface area contributed by atoms with Gasteiger partial charge in [0.1, 0.15) is 5.82 Å². The summed E-state index contributed by atoms with van der Waals surface area (Å²) in [7, 11) is 0. The lowest BCUT2D eigenvalue weighted by Gasteiger charge is -2.27. The van der Waals surface area contributed by atoms with Gasteiger partial charge in [0.2, 0.25) is 0 Å². The van der Waals surface area contributed by atoms with E-state index in [0.29, 0.717) is 11.6 Å². The average molecular weight is 416 g/mol. The molecule has 1 unspecified atom stereocenters. The van der Waals surface area contributed by atoms with Crippen LogP contribution in [0.5, 0.6) is 0 Å². The highest BCUT2D eigenvalue weighted by atomic mass is 19.1. The molecule has 0 saturated heterocycles. The number of aryl methyl sites for hydroxylation is 2. The van der Waals surface area contributed by atoms with Crippen LogP contribution in [0.4, 0.5) is 15.8 Å². The van der Waals surface area contributed by atoms with Crippen molar-refractivity contribution in [2.45, 2.75) is 58.3 Å². The van der Waals surface area contributed by atoms with E-state index in [9.17, 15) is 4.39 Å². The molecule has 2 heteroatoms. The largest absolute Gasteiger partial charge is 0.353 e. The van der Waals surface area contributed by atoms with Crippen molar-refractivity contribution < 1.29 is 4.39 Å². The van der Waals surface area contributed by atoms with Gasteiger partial charge < -0.3 is 5.32 Å². The smallest absolute Gasteiger partial charge is 0.146 e. The summed E-state index contributed by atoms with van der Waals surface area (Å²) >= 11 is 0. The molecule has 3 aromatic carbocycles. The molecule has 0 aromatic heterocycles. The Hall–Kier alpha value is -2.87. The molecule has 0 amide bonds. The quantitative estimate of drug-likeness (QED) is 0.346. The SMILES string of the molecule is C=CC(C)(CCCc1ccc(F)c(Nc2ccc(C)cc2)c1)c1ccc(C(C)C)cc1. The Morgan fingerprint density at radius 3 is 2.29 bits per heavy atom. The molecule has 0 heterocycles. The van der Waals surface area contributed by atoms with Crippen LogP contribution in [0.1, 0.15) is 61.8 Å². The van der Waals surface area contributed by atoms with E-state index >= 15 is 0 Å². The molecule has 3 aromatic rings. The number of nitrogens with one attached hydrogen (secondary N) is 1. The van der Waals surface area contributed by atoms with Crippen LogP contribution in [0.3, 0.4) is 0 Å². The Morgan fingerprint density at radius 2 is 1.68 bits per heavy atom. The molecule has 0 radical (unpaired) electrons. The summed E-state index contributed by atoms with van der Waals surface area (Å²) in [6.45, 7) is 12.8. The number of anilines is 2. The normalized spacial score (nSPS) is 13.1. The molecule has 31 heavy (non-hydrogen) atoms. The van der Waals surface area contributed by atoms with Crippen LogP contribution < -0.4 is 5.32 Å². The fraction of sp³-hybridized carbons (Fsp3) is 0.310. The van der Waals surface area contributed by atoms with Crippen molar-refractivity contribution in [3.63, 3.8) is 0 Å². The first-order valence-electron chi connectivity index (χ1n) is 11.2. The highest BCUT2D eigenvalue weighted by Crippen LogP contribution is 2.32. The third kappa shape index (κ3) is 5.85. The molecular formula is C29H34FN. The zero-order chi connectivity index (χ0) is 22.4. The molecule has 3 rings (SSSR count). The van der Waals surface area contributed by atoms with Crippen molar-refractivity contribution in [2.24, 2.45) is 0 Å². The Morgan fingerprint density at radius 1 is 1.00 bits per heavy atom. The molecule has 1 atom stereocenters. The van der Waals surface area contributed by atoms with E-state index in [1.165, 1.54) is 16.7 Å². The van der Waals surface area contributed by atoms with Gasteiger partial charge in [-0.15, -0.1) is 6.58 Å². The maximum absolute atomic E-state index is 14.3. The fourth-order valence-electron chi connectivity index (χ4n) is 3.89. The molecule has 0 spiro atoms. The number of halogens is 1. The van der Waals surface area contributed by atoms with Crippen molar-refractivity contribution in [1.29, 1.82) is 0 Å². The number of hydrogen-bond acceptors (Lipinski definition) is 1. The summed E-state index contributed by atoms with van der Waals surface area (Å²) in [5.74, 6) is 0.302. The predicted molar refractivity (Wildman–Crippen MR) is 132 cm³/mol. The fourth-order valence-corrected chi connectivity index (χ4v) is 3.89. The second kappa shape index (κ2) is 9.96. The minimum atomic E-state index is -0.231. The van der Waals surface area contributed by atoms with Crippen molar-refractivity contribution in [3.05, 3.63) is 107 Å². The van der Waals surface area contributed by atoms with E-state index in [1.807, 2.05) is 43.3 Å². The van der Waals surface area contributed by atoms with Gasteiger partial charge in [0.15, 0.2) is 0 Å². The van der Waals surface area contributed by atoms with E-state index in [-0.39, 0.29) is 11.2 Å². The third-order valence-corrected chi connectivity index (χ3v) is 6.21. The van der Waals surface area contributed by atoms with E-state index in [2.05, 4.69) is 63.0 Å². The van der Waals surface area contributed by atoms with Gasteiger partial charge in [0.05, 0.1) is 5.69 Å². The van der Waals surface area contributed by atoms with Gasteiger partial charge in [0.25, 0.3) is 0 Å². The summed E-state index contributed by atoms with van der Waals surface area (Å²) in [5.41, 5.74) is 6.32. The molecule has 1 N–H and O–H groups in total. The van der Waals surface area contributed by atoms with Crippen LogP contribution in [-0.2, 0) is 11.8 Å². The molecule has 0 fully saturated rings. The monoisotopic (exact) mass is 415 g/mol. The van der Waals surface area contributed by atoms with Crippen LogP contribution in [0, 0.1) is 12.7 Å². The summed E-state index contributed by atoms with van der Waals surface area (Å²) < 4.78 is 14.3. The van der Waals surface area contributed by atoms with E-state index in [1.54, 1.807) is 6.07 Å². The van der Waals surface area contributed by atoms with Gasteiger partial charge in [0, 0.05) is 11.1 Å².